The van der Waals surface area contributed by atoms with Crippen molar-refractivity contribution in [1.29, 1.82) is 0 Å². The van der Waals surface area contributed by atoms with Crippen molar-refractivity contribution >= 4 is 40.5 Å². The Morgan fingerprint density at radius 1 is 1.06 bits per heavy atom. The summed E-state index contributed by atoms with van der Waals surface area (Å²) in [5.41, 5.74) is 10.1. The van der Waals surface area contributed by atoms with Gasteiger partial charge < -0.3 is 34.3 Å². The van der Waals surface area contributed by atoms with E-state index in [1.807, 2.05) is 38.1 Å². The van der Waals surface area contributed by atoms with Gasteiger partial charge in [0, 0.05) is 74.6 Å². The van der Waals surface area contributed by atoms with Gasteiger partial charge in [-0.15, -0.1) is 0 Å². The fourth-order valence-electron chi connectivity index (χ4n) is 10.9. The predicted molar refractivity (Wildman–Crippen MR) is 247 cm³/mol. The van der Waals surface area contributed by atoms with Crippen molar-refractivity contribution in [3.8, 4) is 28.1 Å². The van der Waals surface area contributed by atoms with Crippen molar-refractivity contribution in [2.24, 2.45) is 17.3 Å². The van der Waals surface area contributed by atoms with Crippen LogP contribution in [0.5, 0.6) is 5.75 Å². The maximum Gasteiger partial charge on any atom is 0.324 e. The summed E-state index contributed by atoms with van der Waals surface area (Å²) >= 11 is 0. The van der Waals surface area contributed by atoms with Gasteiger partial charge in [-0.25, -0.2) is 5.43 Å². The molecule has 6 atom stereocenters. The van der Waals surface area contributed by atoms with Crippen LogP contribution >= 0.6 is 0 Å². The second-order valence-corrected chi connectivity index (χ2v) is 19.1. The third-order valence-electron chi connectivity index (χ3n) is 14.0. The molecule has 3 aliphatic heterocycles. The molecule has 0 radical (unpaired) electrons. The zero-order valence-corrected chi connectivity index (χ0v) is 38.6. The lowest BCUT2D eigenvalue weighted by molar-refractivity contribution is -0.156. The predicted octanol–water partition coefficient (Wildman–Crippen LogP) is 6.11. The molecule has 4 aliphatic rings. The number of fused-ring (bicyclic) bond motifs is 8. The Morgan fingerprint density at radius 2 is 1.83 bits per heavy atom. The topological polar surface area (TPSA) is 163 Å². The van der Waals surface area contributed by atoms with Crippen molar-refractivity contribution < 1.29 is 38.6 Å². The van der Waals surface area contributed by atoms with Gasteiger partial charge in [-0.3, -0.25) is 29.0 Å². The number of carbonyl (C=O) groups is 5. The van der Waals surface area contributed by atoms with Crippen LogP contribution in [0.2, 0.25) is 0 Å². The van der Waals surface area contributed by atoms with E-state index in [1.165, 1.54) is 16.0 Å². The number of nitrogens with one attached hydrogen (secondary N) is 2. The number of likely N-dealkylation sites (N-methyl/N-ethyl adjacent to an activating group) is 1. The maximum atomic E-state index is 14.8. The summed E-state index contributed by atoms with van der Waals surface area (Å²) < 4.78 is 15.0. The summed E-state index contributed by atoms with van der Waals surface area (Å²) in [4.78, 5) is 72.6. The van der Waals surface area contributed by atoms with Gasteiger partial charge >= 0.3 is 5.97 Å². The lowest BCUT2D eigenvalue weighted by Crippen LogP contribution is -2.62. The van der Waals surface area contributed by atoms with Gasteiger partial charge in [0.05, 0.1) is 24.3 Å². The average molecular weight is 887 g/mol. The first-order chi connectivity index (χ1) is 31.1. The molecule has 4 amide bonds. The van der Waals surface area contributed by atoms with Crippen LogP contribution in [-0.2, 0) is 46.4 Å². The van der Waals surface area contributed by atoms with Crippen LogP contribution in [-0.4, -0.2) is 113 Å². The number of aromatic hydroxyl groups is 1. The van der Waals surface area contributed by atoms with Crippen molar-refractivity contribution in [1.82, 2.24) is 30.1 Å². The minimum Gasteiger partial charge on any atom is -0.508 e. The summed E-state index contributed by atoms with van der Waals surface area (Å²) in [6.07, 6.45) is 2.27. The van der Waals surface area contributed by atoms with E-state index in [0.717, 1.165) is 44.4 Å². The molecule has 3 aromatic carbocycles. The number of amides is 4. The molecular weight excluding hydrogens is 825 g/mol. The van der Waals surface area contributed by atoms with Gasteiger partial charge in [0.1, 0.15) is 23.9 Å². The SMILES string of the molecule is C=CC(=O)N1CC[C@H](C(=O)N(C)C(C(=O)N[C@H]2Cc3cc(O)cc(c3)-c3ccc4c(c3)c3c(n4CC)-c4ccccc4[C@H](OC)C3C(C)(C)COC(=O)[C@@H]3CCCN(N3)C2=O)C(C)C)C1. The summed E-state index contributed by atoms with van der Waals surface area (Å²) in [6.45, 7) is 15.3. The van der Waals surface area contributed by atoms with Gasteiger partial charge in [-0.05, 0) is 90.3 Å². The number of phenolic OH excluding ortho intramolecular Hbond substituents is 1. The Labute approximate surface area is 380 Å². The van der Waals surface area contributed by atoms with E-state index in [9.17, 15) is 29.1 Å². The third kappa shape index (κ3) is 8.42. The highest BCUT2D eigenvalue weighted by atomic mass is 16.5. The van der Waals surface area contributed by atoms with Crippen LogP contribution in [0.4, 0.5) is 0 Å². The molecular formula is C51H62N6O8. The van der Waals surface area contributed by atoms with E-state index in [1.54, 1.807) is 31.2 Å². The number of aryl methyl sites for hydroxylation is 1. The smallest absolute Gasteiger partial charge is 0.324 e. The lowest BCUT2D eigenvalue weighted by atomic mass is 9.66. The largest absolute Gasteiger partial charge is 0.508 e. The Hall–Kier alpha value is -5.99. The summed E-state index contributed by atoms with van der Waals surface area (Å²) in [7, 11) is 3.31. The number of benzene rings is 3. The van der Waals surface area contributed by atoms with Crippen LogP contribution in [0.1, 0.15) is 82.6 Å². The first-order valence-corrected chi connectivity index (χ1v) is 22.9. The fourth-order valence-corrected chi connectivity index (χ4v) is 10.9. The molecule has 4 heterocycles. The van der Waals surface area contributed by atoms with E-state index < -0.39 is 47.2 Å². The molecule has 14 heteroatoms. The minimum absolute atomic E-state index is 0.00455. The van der Waals surface area contributed by atoms with Gasteiger partial charge in [0.15, 0.2) is 0 Å². The number of esters is 1. The standard InChI is InChI=1S/C51H62N6O8/c1-9-41(59)55-21-19-32(27-55)48(61)54(7)44(29(3)4)47(60)52-39-24-30-22-33(25-34(58)23-30)31-17-18-40-37(26-31)42-43(46(64-8)36-15-12-11-14-35(36)45(42)56(40)10-2)51(5,6)28-65-50(63)38-16-13-20-57(53-38)49(39)62/h9,11-12,14-15,17-18,22-23,25-26,29,32,38-39,43-44,46,53,58H,1,10,13,16,19-21,24,27-28H2,2-8H3,(H,52,60)/t32-,38-,39-,43?,44?,46-/m0/s1. The zero-order valence-electron chi connectivity index (χ0n) is 38.6. The normalized spacial score (nSPS) is 23.4. The van der Waals surface area contributed by atoms with Gasteiger partial charge in [0.25, 0.3) is 5.91 Å². The number of rotatable bonds is 8. The highest BCUT2D eigenvalue weighted by Gasteiger charge is 2.47. The minimum atomic E-state index is -1.16. The first kappa shape index (κ1) is 45.6. The average Bonchev–Trinajstić information content (AvgIpc) is 3.92. The van der Waals surface area contributed by atoms with Crippen LogP contribution in [0.3, 0.4) is 0 Å². The van der Waals surface area contributed by atoms with E-state index >= 15 is 0 Å². The number of hydrazine groups is 1. The van der Waals surface area contributed by atoms with Gasteiger partial charge in [-0.1, -0.05) is 70.7 Å². The Bertz CT molecular complexity index is 2550. The number of hydrogen-bond acceptors (Lipinski definition) is 9. The summed E-state index contributed by atoms with van der Waals surface area (Å²) in [6, 6.07) is 16.9. The molecule has 4 aromatic rings. The van der Waals surface area contributed by atoms with E-state index in [2.05, 4.69) is 66.9 Å². The number of ether oxygens (including phenoxy) is 2. The Morgan fingerprint density at radius 3 is 2.55 bits per heavy atom. The number of phenols is 1. The van der Waals surface area contributed by atoms with E-state index in [4.69, 9.17) is 9.47 Å². The second-order valence-electron chi connectivity index (χ2n) is 19.1. The number of nitrogens with zero attached hydrogens (tertiary/aromatic N) is 4. The Balaban J connectivity index is 1.21. The highest BCUT2D eigenvalue weighted by molar-refractivity contribution is 5.98. The number of likely N-dealkylation sites (tertiary alicyclic amines) is 1. The van der Waals surface area contributed by atoms with Crippen molar-refractivity contribution in [2.45, 2.75) is 97.0 Å². The quantitative estimate of drug-likeness (QED) is 0.140. The van der Waals surface area contributed by atoms with Crippen molar-refractivity contribution in [3.63, 3.8) is 0 Å². The molecule has 3 N–H and O–H groups in total. The van der Waals surface area contributed by atoms with Crippen LogP contribution < -0.4 is 10.7 Å². The Kier molecular flexibility index (Phi) is 12.7. The highest BCUT2D eigenvalue weighted by Crippen LogP contribution is 2.57. The molecule has 65 heavy (non-hydrogen) atoms. The molecule has 8 rings (SSSR count). The molecule has 344 valence electrons. The molecule has 6 bridgehead atoms. The number of carbonyl (C=O) groups excluding carboxylic acids is 5. The van der Waals surface area contributed by atoms with Crippen molar-refractivity contribution in [2.75, 3.05) is 40.4 Å². The first-order valence-electron chi connectivity index (χ1n) is 22.9. The number of cyclic esters (lactones) is 1. The monoisotopic (exact) mass is 886 g/mol. The van der Waals surface area contributed by atoms with Gasteiger partial charge in [-0.2, -0.15) is 0 Å². The van der Waals surface area contributed by atoms with Crippen LogP contribution in [0, 0.1) is 17.3 Å². The molecule has 2 saturated heterocycles. The van der Waals surface area contributed by atoms with Crippen LogP contribution in [0.15, 0.2) is 73.3 Å². The molecule has 0 spiro atoms. The van der Waals surface area contributed by atoms with E-state index in [0.29, 0.717) is 37.9 Å². The lowest BCUT2D eigenvalue weighted by Gasteiger charge is -2.43. The van der Waals surface area contributed by atoms with Crippen molar-refractivity contribution in [3.05, 3.63) is 90.0 Å². The zero-order chi connectivity index (χ0) is 46.5. The molecule has 1 aliphatic carbocycles. The summed E-state index contributed by atoms with van der Waals surface area (Å²) in [5, 5.41) is 16.8. The van der Waals surface area contributed by atoms with Crippen LogP contribution in [0.25, 0.3) is 33.3 Å². The number of aromatic nitrogens is 1. The second kappa shape index (κ2) is 18.1. The number of hydrogen-bond donors (Lipinski definition) is 3. The molecule has 1 aromatic heterocycles. The summed E-state index contributed by atoms with van der Waals surface area (Å²) in [5.74, 6) is -3.08. The molecule has 0 saturated carbocycles. The molecule has 2 unspecified atom stereocenters. The van der Waals surface area contributed by atoms with E-state index in [-0.39, 0.29) is 61.6 Å². The third-order valence-corrected chi connectivity index (χ3v) is 14.0. The maximum absolute atomic E-state index is 14.8. The fraction of sp³-hybridized carbons (Fsp3) is 0.471. The molecule has 2 fully saturated rings. The molecule has 14 nitrogen and oxygen atoms in total. The van der Waals surface area contributed by atoms with Gasteiger partial charge in [0.2, 0.25) is 17.7 Å². The number of methoxy groups -OCH3 is 1.